The van der Waals surface area contributed by atoms with Crippen molar-refractivity contribution in [2.75, 3.05) is 12.8 Å². The lowest BCUT2D eigenvalue weighted by atomic mass is 10.1. The highest BCUT2D eigenvalue weighted by Gasteiger charge is 2.21. The second kappa shape index (κ2) is 5.44. The van der Waals surface area contributed by atoms with E-state index in [0.717, 1.165) is 0 Å². The van der Waals surface area contributed by atoms with E-state index in [1.54, 1.807) is 19.3 Å². The van der Waals surface area contributed by atoms with Crippen molar-refractivity contribution >= 4 is 23.3 Å². The number of aliphatic imine (C=N–C) groups is 1. The summed E-state index contributed by atoms with van der Waals surface area (Å²) in [5.74, 6) is 0.808. The van der Waals surface area contributed by atoms with Crippen molar-refractivity contribution in [2.24, 2.45) is 4.99 Å². The molecular formula is C12H19ClN4O. The smallest absolute Gasteiger partial charge is 0.244 e. The number of methoxy groups -OCH3 is 1. The summed E-state index contributed by atoms with van der Waals surface area (Å²) in [5, 5.41) is 0.330. The Morgan fingerprint density at radius 3 is 2.56 bits per heavy atom. The number of ether oxygens (including phenoxy) is 1. The molecule has 0 fully saturated rings. The third-order valence-electron chi connectivity index (χ3n) is 2.37. The van der Waals surface area contributed by atoms with E-state index in [0.29, 0.717) is 22.6 Å². The molecule has 0 aliphatic carbocycles. The third kappa shape index (κ3) is 3.04. The predicted octanol–water partition coefficient (Wildman–Crippen LogP) is 2.71. The topological polar surface area (TPSA) is 65.4 Å². The number of imidazole rings is 1. The van der Waals surface area contributed by atoms with Crippen LogP contribution in [0.4, 0.5) is 5.82 Å². The summed E-state index contributed by atoms with van der Waals surface area (Å²) in [6, 6.07) is 0. The highest BCUT2D eigenvalue weighted by molar-refractivity contribution is 6.30. The van der Waals surface area contributed by atoms with Gasteiger partial charge in [0.1, 0.15) is 11.0 Å². The number of allylic oxidation sites excluding steroid dienone is 1. The molecule has 0 bridgehead atoms. The maximum absolute atomic E-state index is 6.06. The summed E-state index contributed by atoms with van der Waals surface area (Å²) < 4.78 is 7.05. The summed E-state index contributed by atoms with van der Waals surface area (Å²) in [5.41, 5.74) is 6.40. The Morgan fingerprint density at radius 1 is 1.56 bits per heavy atom. The molecule has 0 saturated heterocycles. The monoisotopic (exact) mass is 270 g/mol. The fourth-order valence-corrected chi connectivity index (χ4v) is 1.49. The molecule has 1 aromatic heterocycles. The fraction of sp³-hybridized carbons (Fsp3) is 0.500. The van der Waals surface area contributed by atoms with Crippen molar-refractivity contribution in [1.29, 1.82) is 0 Å². The highest BCUT2D eigenvalue weighted by Crippen LogP contribution is 2.22. The van der Waals surface area contributed by atoms with E-state index in [-0.39, 0.29) is 5.54 Å². The molecule has 1 rings (SSSR count). The van der Waals surface area contributed by atoms with Gasteiger partial charge in [-0.2, -0.15) is 4.99 Å². The largest absolute Gasteiger partial charge is 0.479 e. The molecule has 5 nitrogen and oxygen atoms in total. The van der Waals surface area contributed by atoms with Crippen LogP contribution >= 0.6 is 11.6 Å². The Kier molecular flexibility index (Phi) is 4.40. The standard InChI is InChI=1S/C12H19ClN4O/c1-6-8(13)16-11(18-5)9-10(14)17(7-15-9)12(2,3)4/h6-7H,14H2,1-5H3/b8-6-,16-11?. The molecule has 0 radical (unpaired) electrons. The predicted molar refractivity (Wildman–Crippen MR) is 74.8 cm³/mol. The van der Waals surface area contributed by atoms with Gasteiger partial charge in [-0.15, -0.1) is 0 Å². The van der Waals surface area contributed by atoms with Crippen LogP contribution in [0, 0.1) is 0 Å². The van der Waals surface area contributed by atoms with E-state index in [9.17, 15) is 0 Å². The maximum Gasteiger partial charge on any atom is 0.244 e. The summed E-state index contributed by atoms with van der Waals surface area (Å²) in [7, 11) is 1.51. The first-order valence-corrected chi connectivity index (χ1v) is 5.97. The summed E-state index contributed by atoms with van der Waals surface area (Å²) in [4.78, 5) is 8.34. The molecule has 0 aliphatic rings. The second-order valence-electron chi connectivity index (χ2n) is 4.75. The zero-order valence-electron chi connectivity index (χ0n) is 11.4. The van der Waals surface area contributed by atoms with Gasteiger partial charge in [0.05, 0.1) is 13.4 Å². The first kappa shape index (κ1) is 14.6. The van der Waals surface area contributed by atoms with Gasteiger partial charge in [-0.1, -0.05) is 11.6 Å². The molecule has 0 aliphatic heterocycles. The van der Waals surface area contributed by atoms with Crippen LogP contribution < -0.4 is 5.73 Å². The van der Waals surface area contributed by atoms with Crippen molar-refractivity contribution in [3.63, 3.8) is 0 Å². The van der Waals surface area contributed by atoms with E-state index in [1.165, 1.54) is 7.11 Å². The van der Waals surface area contributed by atoms with Crippen molar-refractivity contribution in [3.8, 4) is 0 Å². The van der Waals surface area contributed by atoms with E-state index in [1.807, 2.05) is 25.3 Å². The van der Waals surface area contributed by atoms with E-state index >= 15 is 0 Å². The SMILES string of the molecule is C/C=C(/Cl)N=C(OC)c1ncn(C(C)(C)C)c1N. The second-order valence-corrected chi connectivity index (χ2v) is 5.14. The molecule has 100 valence electrons. The number of rotatable bonds is 2. The van der Waals surface area contributed by atoms with E-state index in [2.05, 4.69) is 9.98 Å². The Morgan fingerprint density at radius 2 is 2.17 bits per heavy atom. The Balaban J connectivity index is 3.26. The zero-order valence-corrected chi connectivity index (χ0v) is 12.1. The van der Waals surface area contributed by atoms with Gasteiger partial charge in [-0.05, 0) is 33.8 Å². The van der Waals surface area contributed by atoms with Crippen molar-refractivity contribution in [1.82, 2.24) is 9.55 Å². The van der Waals surface area contributed by atoms with Crippen LogP contribution in [0.3, 0.4) is 0 Å². The lowest BCUT2D eigenvalue weighted by Crippen LogP contribution is -2.23. The van der Waals surface area contributed by atoms with Gasteiger partial charge < -0.3 is 15.0 Å². The van der Waals surface area contributed by atoms with E-state index < -0.39 is 0 Å². The molecule has 1 heterocycles. The molecule has 0 amide bonds. The minimum absolute atomic E-state index is 0.154. The summed E-state index contributed by atoms with van der Waals surface area (Å²) in [6.07, 6.45) is 3.33. The Hall–Kier alpha value is -1.49. The Labute approximate surface area is 112 Å². The number of anilines is 1. The molecule has 6 heteroatoms. The van der Waals surface area contributed by atoms with E-state index in [4.69, 9.17) is 22.1 Å². The van der Waals surface area contributed by atoms with Gasteiger partial charge >= 0.3 is 0 Å². The normalized spacial score (nSPS) is 13.9. The lowest BCUT2D eigenvalue weighted by Gasteiger charge is -2.22. The highest BCUT2D eigenvalue weighted by atomic mass is 35.5. The third-order valence-corrected chi connectivity index (χ3v) is 2.67. The molecular weight excluding hydrogens is 252 g/mol. The van der Waals surface area contributed by atoms with Crippen LogP contribution in [-0.4, -0.2) is 22.6 Å². The fourth-order valence-electron chi connectivity index (χ4n) is 1.41. The van der Waals surface area contributed by atoms with Crippen molar-refractivity contribution < 1.29 is 4.74 Å². The molecule has 0 saturated carbocycles. The number of hydrogen-bond donors (Lipinski definition) is 1. The van der Waals surface area contributed by atoms with Crippen LogP contribution in [0.25, 0.3) is 0 Å². The van der Waals surface area contributed by atoms with Crippen LogP contribution in [0.5, 0.6) is 0 Å². The number of nitrogens with zero attached hydrogens (tertiary/aromatic N) is 3. The summed E-state index contributed by atoms with van der Waals surface area (Å²) >= 11 is 5.86. The Bertz CT molecular complexity index is 483. The quantitative estimate of drug-likeness (QED) is 0.510. The molecule has 1 aromatic rings. The molecule has 0 aromatic carbocycles. The number of aromatic nitrogens is 2. The molecule has 0 atom stereocenters. The average Bonchev–Trinajstić information content (AvgIpc) is 2.67. The number of nitrogen functional groups attached to an aromatic ring is 1. The lowest BCUT2D eigenvalue weighted by molar-refractivity contribution is 0.399. The maximum atomic E-state index is 6.06. The molecule has 0 unspecified atom stereocenters. The van der Waals surface area contributed by atoms with Gasteiger partial charge in [-0.3, -0.25) is 0 Å². The van der Waals surface area contributed by atoms with Gasteiger partial charge in [0.15, 0.2) is 5.69 Å². The van der Waals surface area contributed by atoms with Crippen molar-refractivity contribution in [2.45, 2.75) is 33.2 Å². The minimum Gasteiger partial charge on any atom is -0.479 e. The van der Waals surface area contributed by atoms with Crippen LogP contribution in [0.1, 0.15) is 33.4 Å². The van der Waals surface area contributed by atoms with Gasteiger partial charge in [-0.25, -0.2) is 4.98 Å². The molecule has 18 heavy (non-hydrogen) atoms. The first-order chi connectivity index (χ1) is 8.31. The van der Waals surface area contributed by atoms with Gasteiger partial charge in [0.25, 0.3) is 0 Å². The van der Waals surface area contributed by atoms with Crippen molar-refractivity contribution in [3.05, 3.63) is 23.3 Å². The molecule has 2 N–H and O–H groups in total. The van der Waals surface area contributed by atoms with Crippen LogP contribution in [0.15, 0.2) is 22.6 Å². The van der Waals surface area contributed by atoms with Crippen LogP contribution in [-0.2, 0) is 10.3 Å². The zero-order chi connectivity index (χ0) is 13.9. The number of halogens is 1. The average molecular weight is 271 g/mol. The number of nitrogens with two attached hydrogens (primary N) is 1. The van der Waals surface area contributed by atoms with Crippen LogP contribution in [0.2, 0.25) is 0 Å². The number of hydrogen-bond acceptors (Lipinski definition) is 4. The summed E-state index contributed by atoms with van der Waals surface area (Å²) in [6.45, 7) is 7.91. The van der Waals surface area contributed by atoms with Gasteiger partial charge in [0, 0.05) is 5.54 Å². The van der Waals surface area contributed by atoms with Gasteiger partial charge in [0.2, 0.25) is 5.90 Å². The molecule has 0 spiro atoms. The first-order valence-electron chi connectivity index (χ1n) is 5.59. The minimum atomic E-state index is -0.154.